The Labute approximate surface area is 86.1 Å². The monoisotopic (exact) mass is 211 g/mol. The fourth-order valence-corrected chi connectivity index (χ4v) is 1.20. The minimum Gasteiger partial charge on any atom is -0.365 e. The normalized spacial score (nSPS) is 13.0. The van der Waals surface area contributed by atoms with E-state index in [1.165, 1.54) is 0 Å². The molecule has 0 aliphatic heterocycles. The predicted octanol–water partition coefficient (Wildman–Crippen LogP) is 1.16. The number of anilines is 1. The lowest BCUT2D eigenvalue weighted by atomic mass is 10.4. The van der Waals surface area contributed by atoms with E-state index in [4.69, 9.17) is 11.6 Å². The van der Waals surface area contributed by atoms with Gasteiger partial charge < -0.3 is 5.32 Å². The summed E-state index contributed by atoms with van der Waals surface area (Å²) < 4.78 is 1.80. The molecule has 1 unspecified atom stereocenters. The van der Waals surface area contributed by atoms with E-state index in [0.717, 1.165) is 0 Å². The van der Waals surface area contributed by atoms with Crippen LogP contribution in [0.3, 0.4) is 0 Å². The topological polar surface area (TPSA) is 55.1 Å². The summed E-state index contributed by atoms with van der Waals surface area (Å²) in [5.74, 6) is 0.706. The zero-order chi connectivity index (χ0) is 9.97. The second kappa shape index (κ2) is 3.79. The smallest absolute Gasteiger partial charge is 0.203 e. The summed E-state index contributed by atoms with van der Waals surface area (Å²) >= 11 is 5.82. The average Bonchev–Trinajstić information content (AvgIpc) is 2.62. The molecule has 0 radical (unpaired) electrons. The van der Waals surface area contributed by atoms with Crippen LogP contribution in [0.15, 0.2) is 18.7 Å². The van der Waals surface area contributed by atoms with Gasteiger partial charge in [0.15, 0.2) is 5.82 Å². The van der Waals surface area contributed by atoms with Crippen LogP contribution in [0.4, 0.5) is 5.82 Å². The van der Waals surface area contributed by atoms with Crippen LogP contribution in [-0.2, 0) is 0 Å². The molecule has 1 atom stereocenters. The molecular weight excluding hydrogens is 202 g/mol. The first kappa shape index (κ1) is 9.21. The van der Waals surface area contributed by atoms with E-state index in [1.807, 2.05) is 6.92 Å². The summed E-state index contributed by atoms with van der Waals surface area (Å²) in [4.78, 5) is 4.16. The Kier molecular flexibility index (Phi) is 2.49. The van der Waals surface area contributed by atoms with Crippen LogP contribution < -0.4 is 5.32 Å². The Balaban J connectivity index is 2.27. The van der Waals surface area contributed by atoms with Crippen LogP contribution in [0, 0.1) is 0 Å². The maximum atomic E-state index is 5.82. The quantitative estimate of drug-likeness (QED) is 0.775. The summed E-state index contributed by atoms with van der Waals surface area (Å²) in [6.07, 6.45) is 5.12. The van der Waals surface area contributed by atoms with Crippen LogP contribution in [-0.4, -0.2) is 31.5 Å². The summed E-state index contributed by atoms with van der Waals surface area (Å²) in [6.45, 7) is 2.57. The second-order valence-electron chi connectivity index (χ2n) is 3.00. The average molecular weight is 212 g/mol. The Hall–Kier alpha value is -1.36. The Bertz CT molecular complexity index is 424. The van der Waals surface area contributed by atoms with Crippen molar-refractivity contribution in [3.8, 4) is 0 Å². The van der Waals surface area contributed by atoms with Gasteiger partial charge in [0.05, 0.1) is 0 Å². The van der Waals surface area contributed by atoms with E-state index in [-0.39, 0.29) is 5.38 Å². The van der Waals surface area contributed by atoms with Gasteiger partial charge in [0, 0.05) is 24.3 Å². The van der Waals surface area contributed by atoms with Crippen molar-refractivity contribution in [3.63, 3.8) is 0 Å². The van der Waals surface area contributed by atoms with Crippen molar-refractivity contribution < 1.29 is 0 Å². The van der Waals surface area contributed by atoms with Crippen LogP contribution in [0.2, 0.25) is 0 Å². The lowest BCUT2D eigenvalue weighted by molar-refractivity contribution is 0.972. The van der Waals surface area contributed by atoms with E-state index in [1.54, 1.807) is 23.1 Å². The molecular formula is C8H10ClN5. The summed E-state index contributed by atoms with van der Waals surface area (Å²) in [5, 5.41) is 10.9. The molecule has 0 bridgehead atoms. The SMILES string of the molecule is CC(Cl)CNc1nccn2cnnc12. The molecule has 1 N–H and O–H groups in total. The minimum atomic E-state index is 0.0555. The molecule has 0 amide bonds. The summed E-state index contributed by atoms with van der Waals surface area (Å²) in [7, 11) is 0. The zero-order valence-corrected chi connectivity index (χ0v) is 8.44. The van der Waals surface area contributed by atoms with E-state index in [0.29, 0.717) is 18.0 Å². The van der Waals surface area contributed by atoms with Crippen molar-refractivity contribution in [3.05, 3.63) is 18.7 Å². The highest BCUT2D eigenvalue weighted by molar-refractivity contribution is 6.20. The fourth-order valence-electron chi connectivity index (χ4n) is 1.12. The van der Waals surface area contributed by atoms with Crippen molar-refractivity contribution in [1.82, 2.24) is 19.6 Å². The molecule has 2 rings (SSSR count). The van der Waals surface area contributed by atoms with Gasteiger partial charge in [-0.05, 0) is 6.92 Å². The zero-order valence-electron chi connectivity index (χ0n) is 7.68. The number of hydrogen-bond acceptors (Lipinski definition) is 4. The maximum Gasteiger partial charge on any atom is 0.203 e. The van der Waals surface area contributed by atoms with E-state index >= 15 is 0 Å². The first-order chi connectivity index (χ1) is 6.77. The molecule has 74 valence electrons. The molecule has 2 aromatic rings. The highest BCUT2D eigenvalue weighted by atomic mass is 35.5. The standard InChI is InChI=1S/C8H10ClN5/c1-6(9)4-11-7-8-13-12-5-14(8)3-2-10-7/h2-3,5-6H,4H2,1H3,(H,10,11). The minimum absolute atomic E-state index is 0.0555. The highest BCUT2D eigenvalue weighted by Crippen LogP contribution is 2.09. The largest absolute Gasteiger partial charge is 0.365 e. The Morgan fingerprint density at radius 2 is 2.50 bits per heavy atom. The number of aromatic nitrogens is 4. The van der Waals surface area contributed by atoms with Crippen molar-refractivity contribution >= 4 is 23.1 Å². The van der Waals surface area contributed by atoms with E-state index in [2.05, 4.69) is 20.5 Å². The molecule has 0 aliphatic carbocycles. The van der Waals surface area contributed by atoms with Crippen molar-refractivity contribution in [2.24, 2.45) is 0 Å². The van der Waals surface area contributed by atoms with Gasteiger partial charge in [-0.3, -0.25) is 4.40 Å². The Morgan fingerprint density at radius 3 is 3.29 bits per heavy atom. The lowest BCUT2D eigenvalue weighted by Gasteiger charge is -2.06. The molecule has 0 aliphatic rings. The third-order valence-electron chi connectivity index (χ3n) is 1.77. The van der Waals surface area contributed by atoms with Crippen LogP contribution >= 0.6 is 11.6 Å². The van der Waals surface area contributed by atoms with Gasteiger partial charge >= 0.3 is 0 Å². The third kappa shape index (κ3) is 1.77. The number of alkyl halides is 1. The summed E-state index contributed by atoms with van der Waals surface area (Å²) in [5.41, 5.74) is 0.713. The van der Waals surface area contributed by atoms with Gasteiger partial charge in [-0.25, -0.2) is 4.98 Å². The van der Waals surface area contributed by atoms with Crippen molar-refractivity contribution in [2.75, 3.05) is 11.9 Å². The van der Waals surface area contributed by atoms with Crippen molar-refractivity contribution in [1.29, 1.82) is 0 Å². The van der Waals surface area contributed by atoms with E-state index in [9.17, 15) is 0 Å². The van der Waals surface area contributed by atoms with Crippen LogP contribution in [0.5, 0.6) is 0 Å². The van der Waals surface area contributed by atoms with Gasteiger partial charge in [-0.1, -0.05) is 0 Å². The highest BCUT2D eigenvalue weighted by Gasteiger charge is 2.04. The van der Waals surface area contributed by atoms with Crippen LogP contribution in [0.1, 0.15) is 6.92 Å². The first-order valence-corrected chi connectivity index (χ1v) is 4.73. The summed E-state index contributed by atoms with van der Waals surface area (Å²) in [6, 6.07) is 0. The van der Waals surface area contributed by atoms with Gasteiger partial charge in [-0.15, -0.1) is 21.8 Å². The molecule has 14 heavy (non-hydrogen) atoms. The molecule has 0 aromatic carbocycles. The number of halogens is 1. The van der Waals surface area contributed by atoms with Gasteiger partial charge in [-0.2, -0.15) is 0 Å². The Morgan fingerprint density at radius 1 is 1.64 bits per heavy atom. The lowest BCUT2D eigenvalue weighted by Crippen LogP contribution is -2.12. The molecule has 0 saturated heterocycles. The molecule has 2 aromatic heterocycles. The van der Waals surface area contributed by atoms with Gasteiger partial charge in [0.1, 0.15) is 6.33 Å². The molecule has 6 heteroatoms. The van der Waals surface area contributed by atoms with Crippen molar-refractivity contribution in [2.45, 2.75) is 12.3 Å². The number of nitrogens with one attached hydrogen (secondary N) is 1. The number of fused-ring (bicyclic) bond motifs is 1. The first-order valence-electron chi connectivity index (χ1n) is 4.29. The molecule has 0 saturated carbocycles. The van der Waals surface area contributed by atoms with Gasteiger partial charge in [0.25, 0.3) is 0 Å². The molecule has 0 fully saturated rings. The molecule has 5 nitrogen and oxygen atoms in total. The predicted molar refractivity (Wildman–Crippen MR) is 54.6 cm³/mol. The van der Waals surface area contributed by atoms with Crippen LogP contribution in [0.25, 0.3) is 5.65 Å². The van der Waals surface area contributed by atoms with Gasteiger partial charge in [0.2, 0.25) is 5.65 Å². The molecule has 0 spiro atoms. The third-order valence-corrected chi connectivity index (χ3v) is 1.92. The number of hydrogen-bond donors (Lipinski definition) is 1. The fraction of sp³-hybridized carbons (Fsp3) is 0.375. The number of nitrogens with zero attached hydrogens (tertiary/aromatic N) is 4. The maximum absolute atomic E-state index is 5.82. The number of rotatable bonds is 3. The van der Waals surface area contributed by atoms with E-state index < -0.39 is 0 Å². The molecule has 2 heterocycles. The second-order valence-corrected chi connectivity index (χ2v) is 3.74.